The second kappa shape index (κ2) is 12.6. The third kappa shape index (κ3) is 4.94. The summed E-state index contributed by atoms with van der Waals surface area (Å²) in [5.74, 6) is 0. The van der Waals surface area contributed by atoms with E-state index in [4.69, 9.17) is 0 Å². The van der Waals surface area contributed by atoms with Crippen LogP contribution >= 0.6 is 0 Å². The fourth-order valence-corrected chi connectivity index (χ4v) is 9.15. The minimum atomic E-state index is 1.00. The standard InChI is InChI=1S/C52H42N2/c1-5-13-49-41(6-2)47-29-35(22-26-51(47)53(49)39-24-20-34(4)45(31-39)42-16-9-7-14-33(42)3)36-23-27-52-48(30-36)44-18-11-12-19-50(44)54(52)40-25-21-38-28-37-15-8-10-17-43(37)46(38)32-40/h5-6,8-13,15-27,29-32H,2,7,14,28H2,1,3-4H3/b13-5-. The van der Waals surface area contributed by atoms with Crippen LogP contribution in [-0.2, 0) is 6.42 Å². The third-order valence-electron chi connectivity index (χ3n) is 11.8. The van der Waals surface area contributed by atoms with E-state index in [1.165, 1.54) is 94.0 Å². The van der Waals surface area contributed by atoms with Crippen molar-refractivity contribution in [3.63, 3.8) is 0 Å². The molecule has 0 N–H and O–H groups in total. The molecule has 0 fully saturated rings. The molecule has 0 amide bonds. The quantitative estimate of drug-likeness (QED) is 0.164. The fourth-order valence-electron chi connectivity index (χ4n) is 9.15. The number of fused-ring (bicyclic) bond motifs is 7. The van der Waals surface area contributed by atoms with Crippen LogP contribution < -0.4 is 0 Å². The van der Waals surface area contributed by atoms with Gasteiger partial charge in [0, 0.05) is 33.1 Å². The Labute approximate surface area is 317 Å². The van der Waals surface area contributed by atoms with Crippen LogP contribution in [-0.4, -0.2) is 9.13 Å². The molecule has 6 aromatic carbocycles. The van der Waals surface area contributed by atoms with Crippen LogP contribution in [0.25, 0.3) is 84.1 Å². The van der Waals surface area contributed by atoms with Gasteiger partial charge in [0.15, 0.2) is 0 Å². The number of hydrogen-bond acceptors (Lipinski definition) is 0. The molecule has 10 rings (SSSR count). The molecule has 0 spiro atoms. The maximum absolute atomic E-state index is 4.32. The molecule has 0 unspecified atom stereocenters. The maximum Gasteiger partial charge on any atom is 0.0541 e. The zero-order valence-corrected chi connectivity index (χ0v) is 31.2. The first-order valence-electron chi connectivity index (χ1n) is 19.2. The summed E-state index contributed by atoms with van der Waals surface area (Å²) in [6, 6.07) is 45.5. The second-order valence-electron chi connectivity index (χ2n) is 15.0. The van der Waals surface area contributed by atoms with Gasteiger partial charge >= 0.3 is 0 Å². The predicted molar refractivity (Wildman–Crippen MR) is 232 cm³/mol. The van der Waals surface area contributed by atoms with E-state index in [1.807, 2.05) is 6.08 Å². The summed E-state index contributed by atoms with van der Waals surface area (Å²) in [6.07, 6.45) is 14.2. The molecule has 2 aliphatic carbocycles. The van der Waals surface area contributed by atoms with Crippen molar-refractivity contribution in [1.82, 2.24) is 9.13 Å². The molecule has 2 aliphatic rings. The highest BCUT2D eigenvalue weighted by Crippen LogP contribution is 2.42. The summed E-state index contributed by atoms with van der Waals surface area (Å²) in [6.45, 7) is 10.9. The molecule has 2 nitrogen and oxygen atoms in total. The van der Waals surface area contributed by atoms with Gasteiger partial charge in [-0.15, -0.1) is 0 Å². The van der Waals surface area contributed by atoms with E-state index in [2.05, 4.69) is 182 Å². The number of allylic oxidation sites excluding steroid dienone is 5. The second-order valence-corrected chi connectivity index (χ2v) is 15.0. The average Bonchev–Trinajstić information content (AvgIpc) is 3.85. The third-order valence-corrected chi connectivity index (χ3v) is 11.8. The lowest BCUT2D eigenvalue weighted by Crippen LogP contribution is -2.01. The van der Waals surface area contributed by atoms with E-state index in [0.29, 0.717) is 0 Å². The topological polar surface area (TPSA) is 9.86 Å². The van der Waals surface area contributed by atoms with Crippen molar-refractivity contribution in [2.24, 2.45) is 0 Å². The fraction of sp³-hybridized carbons (Fsp3) is 0.115. The minimum Gasteiger partial charge on any atom is -0.309 e. The molecule has 2 heteroatoms. The highest BCUT2D eigenvalue weighted by atomic mass is 15.0. The van der Waals surface area contributed by atoms with Crippen molar-refractivity contribution >= 4 is 50.4 Å². The van der Waals surface area contributed by atoms with Crippen LogP contribution in [0.1, 0.15) is 60.2 Å². The Morgan fingerprint density at radius 3 is 2.11 bits per heavy atom. The van der Waals surface area contributed by atoms with E-state index in [9.17, 15) is 0 Å². The largest absolute Gasteiger partial charge is 0.309 e. The first-order valence-corrected chi connectivity index (χ1v) is 19.2. The van der Waals surface area contributed by atoms with Crippen LogP contribution in [0, 0.1) is 6.92 Å². The van der Waals surface area contributed by atoms with Gasteiger partial charge in [-0.1, -0.05) is 103 Å². The van der Waals surface area contributed by atoms with Gasteiger partial charge in [-0.3, -0.25) is 0 Å². The SMILES string of the molecule is C=Cc1c(/C=C\C)n(-c2ccc(C)c(C3=C(C)CCC=C3)c2)c2ccc(-c3ccc4c(c3)c3ccccc3n4-c3ccc4c(c3)-c3ccccc3C4)cc12. The summed E-state index contributed by atoms with van der Waals surface area (Å²) >= 11 is 0. The van der Waals surface area contributed by atoms with Gasteiger partial charge in [-0.2, -0.15) is 0 Å². The van der Waals surface area contributed by atoms with Crippen LogP contribution in [0.2, 0.25) is 0 Å². The number of para-hydroxylation sites is 1. The lowest BCUT2D eigenvalue weighted by Gasteiger charge is -2.18. The van der Waals surface area contributed by atoms with Gasteiger partial charge in [-0.25, -0.2) is 0 Å². The molecule has 0 saturated carbocycles. The Balaban J connectivity index is 1.12. The van der Waals surface area contributed by atoms with Crippen molar-refractivity contribution in [1.29, 1.82) is 0 Å². The van der Waals surface area contributed by atoms with Crippen LogP contribution in [0.3, 0.4) is 0 Å². The van der Waals surface area contributed by atoms with E-state index in [-0.39, 0.29) is 0 Å². The smallest absolute Gasteiger partial charge is 0.0541 e. The van der Waals surface area contributed by atoms with Gasteiger partial charge in [0.05, 0.1) is 22.2 Å². The number of hydrogen-bond donors (Lipinski definition) is 0. The van der Waals surface area contributed by atoms with E-state index in [0.717, 1.165) is 36.2 Å². The molecule has 0 aliphatic heterocycles. The van der Waals surface area contributed by atoms with Gasteiger partial charge < -0.3 is 9.13 Å². The van der Waals surface area contributed by atoms with Gasteiger partial charge in [0.2, 0.25) is 0 Å². The Bertz CT molecular complexity index is 2950. The molecular formula is C52H42N2. The molecule has 2 heterocycles. The summed E-state index contributed by atoms with van der Waals surface area (Å²) < 4.78 is 4.85. The Kier molecular flexibility index (Phi) is 7.56. The van der Waals surface area contributed by atoms with Crippen molar-refractivity contribution in [2.45, 2.75) is 40.0 Å². The summed E-state index contributed by atoms with van der Waals surface area (Å²) in [7, 11) is 0. The zero-order valence-electron chi connectivity index (χ0n) is 31.2. The van der Waals surface area contributed by atoms with Crippen LogP contribution in [0.5, 0.6) is 0 Å². The highest BCUT2D eigenvalue weighted by Gasteiger charge is 2.21. The predicted octanol–water partition coefficient (Wildman–Crippen LogP) is 14.1. The zero-order chi connectivity index (χ0) is 36.5. The molecule has 0 radical (unpaired) electrons. The van der Waals surface area contributed by atoms with Gasteiger partial charge in [-0.05, 0) is 151 Å². The van der Waals surface area contributed by atoms with Crippen molar-refractivity contribution in [3.8, 4) is 33.6 Å². The Morgan fingerprint density at radius 1 is 0.611 bits per heavy atom. The lowest BCUT2D eigenvalue weighted by atomic mass is 9.90. The first-order chi connectivity index (χ1) is 26.5. The van der Waals surface area contributed by atoms with E-state index < -0.39 is 0 Å². The summed E-state index contributed by atoms with van der Waals surface area (Å²) in [4.78, 5) is 0. The monoisotopic (exact) mass is 694 g/mol. The normalized spacial score (nSPS) is 13.8. The maximum atomic E-state index is 4.32. The summed E-state index contributed by atoms with van der Waals surface area (Å²) in [5, 5.41) is 3.72. The Morgan fingerprint density at radius 2 is 1.30 bits per heavy atom. The molecule has 8 aromatic rings. The van der Waals surface area contributed by atoms with Crippen LogP contribution in [0.4, 0.5) is 0 Å². The highest BCUT2D eigenvalue weighted by molar-refractivity contribution is 6.11. The average molecular weight is 695 g/mol. The molecule has 2 aromatic heterocycles. The molecule has 54 heavy (non-hydrogen) atoms. The minimum absolute atomic E-state index is 1.00. The van der Waals surface area contributed by atoms with Gasteiger partial charge in [0.1, 0.15) is 0 Å². The molecule has 0 saturated heterocycles. The van der Waals surface area contributed by atoms with E-state index in [1.54, 1.807) is 0 Å². The van der Waals surface area contributed by atoms with Crippen molar-refractivity contribution in [3.05, 3.63) is 185 Å². The van der Waals surface area contributed by atoms with E-state index >= 15 is 0 Å². The number of benzene rings is 6. The number of aromatic nitrogens is 2. The number of nitrogens with zero attached hydrogens (tertiary/aromatic N) is 2. The first kappa shape index (κ1) is 32.3. The lowest BCUT2D eigenvalue weighted by molar-refractivity contribution is 0.966. The number of aryl methyl sites for hydroxylation is 1. The molecule has 260 valence electrons. The molecular weight excluding hydrogens is 653 g/mol. The molecule has 0 bridgehead atoms. The van der Waals surface area contributed by atoms with Crippen molar-refractivity contribution < 1.29 is 0 Å². The Hall–Kier alpha value is -6.38. The van der Waals surface area contributed by atoms with Gasteiger partial charge in [0.25, 0.3) is 0 Å². The van der Waals surface area contributed by atoms with Crippen LogP contribution in [0.15, 0.2) is 152 Å². The molecule has 0 atom stereocenters. The number of rotatable bonds is 6. The van der Waals surface area contributed by atoms with Crippen molar-refractivity contribution in [2.75, 3.05) is 0 Å². The summed E-state index contributed by atoms with van der Waals surface area (Å²) in [5.41, 5.74) is 21.6.